The number of methoxy groups -OCH3 is 1. The number of aromatic nitrogens is 1. The molecule has 2 aliphatic heterocycles. The fourth-order valence-corrected chi connectivity index (χ4v) is 7.84. The van der Waals surface area contributed by atoms with Crippen LogP contribution in [0.25, 0.3) is 10.8 Å². The number of alkyl carbamates (subject to hydrolysis) is 1. The van der Waals surface area contributed by atoms with E-state index in [1.54, 1.807) is 46.2 Å². The standard InChI is InChI=1S/C35H45N5O10S/c1-34(2,3)50-33(44)37-27-13-16-48-15-6-5-7-22-19-35(22,32(43)39-51(45,46)25-9-10-25)38-29(41)28-18-24(20-40(28)31(27)42)49-30-26-11-8-23(47-4)17-21(26)12-14-36-30/h5,7-8,11-12,14,17,22,24-25,27-28H,6,9-10,13,15-16,18-20H2,1-4H3,(H,37,44)(H,38,41)(H,39,43)/b7-5-/t22?,24?,27-,28-,35+/m0/s1. The fourth-order valence-electron chi connectivity index (χ4n) is 6.47. The van der Waals surface area contributed by atoms with Gasteiger partial charge < -0.3 is 34.5 Å². The summed E-state index contributed by atoms with van der Waals surface area (Å²) in [6.07, 6.45) is 5.37. The third-order valence-electron chi connectivity index (χ3n) is 9.36. The number of hydrogen-bond donors (Lipinski definition) is 3. The van der Waals surface area contributed by atoms with Crippen molar-refractivity contribution in [3.05, 3.63) is 42.6 Å². The van der Waals surface area contributed by atoms with Gasteiger partial charge in [-0.2, -0.15) is 0 Å². The van der Waals surface area contributed by atoms with Gasteiger partial charge in [-0.25, -0.2) is 18.2 Å². The Balaban J connectivity index is 1.30. The predicted molar refractivity (Wildman–Crippen MR) is 184 cm³/mol. The number of nitrogens with one attached hydrogen (secondary N) is 3. The first kappa shape index (κ1) is 36.4. The van der Waals surface area contributed by atoms with Crippen LogP contribution in [0.1, 0.15) is 59.3 Å². The summed E-state index contributed by atoms with van der Waals surface area (Å²) < 4.78 is 50.6. The molecule has 2 aromatic rings. The smallest absolute Gasteiger partial charge is 0.408 e. The molecule has 1 saturated heterocycles. The monoisotopic (exact) mass is 727 g/mol. The van der Waals surface area contributed by atoms with E-state index in [0.29, 0.717) is 42.9 Å². The minimum absolute atomic E-state index is 0.0278. The summed E-state index contributed by atoms with van der Waals surface area (Å²) in [5, 5.41) is 6.36. The molecule has 1 aromatic carbocycles. The zero-order valence-electron chi connectivity index (χ0n) is 29.2. The van der Waals surface area contributed by atoms with E-state index in [9.17, 15) is 27.6 Å². The van der Waals surface area contributed by atoms with Crippen molar-refractivity contribution in [2.24, 2.45) is 5.92 Å². The van der Waals surface area contributed by atoms with Gasteiger partial charge in [0, 0.05) is 36.9 Å². The zero-order valence-corrected chi connectivity index (χ0v) is 30.0. The normalized spacial score (nSPS) is 27.9. The van der Waals surface area contributed by atoms with Crippen molar-refractivity contribution in [3.63, 3.8) is 0 Å². The largest absolute Gasteiger partial charge is 0.497 e. The van der Waals surface area contributed by atoms with Crippen molar-refractivity contribution in [3.8, 4) is 11.6 Å². The average molecular weight is 728 g/mol. The van der Waals surface area contributed by atoms with Gasteiger partial charge in [-0.15, -0.1) is 0 Å². The molecule has 2 saturated carbocycles. The van der Waals surface area contributed by atoms with E-state index in [1.807, 2.05) is 24.3 Å². The lowest BCUT2D eigenvalue weighted by Gasteiger charge is -2.30. The van der Waals surface area contributed by atoms with E-state index < -0.39 is 74.3 Å². The lowest BCUT2D eigenvalue weighted by molar-refractivity contribution is -0.141. The number of sulfonamides is 1. The minimum Gasteiger partial charge on any atom is -0.497 e. The molecule has 2 unspecified atom stereocenters. The highest BCUT2D eigenvalue weighted by atomic mass is 32.2. The van der Waals surface area contributed by atoms with Gasteiger partial charge in [0.2, 0.25) is 27.7 Å². The molecule has 6 rings (SSSR count). The maximum atomic E-state index is 14.3. The molecular weight excluding hydrogens is 682 g/mol. The topological polar surface area (TPSA) is 192 Å². The first-order valence-electron chi connectivity index (χ1n) is 17.2. The van der Waals surface area contributed by atoms with Crippen LogP contribution in [0.4, 0.5) is 4.79 Å². The number of hydrogen-bond acceptors (Lipinski definition) is 11. The van der Waals surface area contributed by atoms with Crippen molar-refractivity contribution >= 4 is 44.6 Å². The molecule has 0 radical (unpaired) electrons. The van der Waals surface area contributed by atoms with Gasteiger partial charge in [0.1, 0.15) is 35.1 Å². The molecule has 15 nitrogen and oxygen atoms in total. The highest BCUT2D eigenvalue weighted by Crippen LogP contribution is 2.46. The molecule has 5 atom stereocenters. The van der Waals surface area contributed by atoms with Crippen LogP contribution in [0.2, 0.25) is 0 Å². The van der Waals surface area contributed by atoms with E-state index >= 15 is 0 Å². The van der Waals surface area contributed by atoms with Crippen molar-refractivity contribution in [2.45, 2.75) is 93.9 Å². The Morgan fingerprint density at radius 3 is 2.63 bits per heavy atom. The van der Waals surface area contributed by atoms with Crippen molar-refractivity contribution < 1.29 is 46.5 Å². The molecule has 3 N–H and O–H groups in total. The summed E-state index contributed by atoms with van der Waals surface area (Å²) >= 11 is 0. The molecule has 16 heteroatoms. The first-order valence-corrected chi connectivity index (χ1v) is 18.8. The van der Waals surface area contributed by atoms with Gasteiger partial charge >= 0.3 is 6.09 Å². The maximum Gasteiger partial charge on any atom is 0.408 e. The second-order valence-electron chi connectivity index (χ2n) is 14.4. The average Bonchev–Trinajstić information content (AvgIpc) is 3.99. The van der Waals surface area contributed by atoms with E-state index in [-0.39, 0.29) is 32.4 Å². The summed E-state index contributed by atoms with van der Waals surface area (Å²) in [5.74, 6) is -1.57. The van der Waals surface area contributed by atoms with E-state index in [1.165, 1.54) is 4.90 Å². The van der Waals surface area contributed by atoms with E-state index in [0.717, 1.165) is 5.39 Å². The number of benzene rings is 1. The molecular formula is C35H45N5O10S. The summed E-state index contributed by atoms with van der Waals surface area (Å²) in [4.78, 5) is 60.8. The van der Waals surface area contributed by atoms with Crippen LogP contribution in [0.3, 0.4) is 0 Å². The third-order valence-corrected chi connectivity index (χ3v) is 11.2. The van der Waals surface area contributed by atoms with Crippen LogP contribution in [-0.2, 0) is 33.9 Å². The van der Waals surface area contributed by atoms with Crippen LogP contribution < -0.4 is 24.8 Å². The van der Waals surface area contributed by atoms with Gasteiger partial charge in [-0.05, 0) is 76.1 Å². The van der Waals surface area contributed by atoms with Crippen molar-refractivity contribution in [2.75, 3.05) is 26.9 Å². The van der Waals surface area contributed by atoms with Crippen LogP contribution in [-0.4, -0.2) is 104 Å². The van der Waals surface area contributed by atoms with Gasteiger partial charge in [0.25, 0.3) is 5.91 Å². The molecule has 276 valence electrons. The highest BCUT2D eigenvalue weighted by Gasteiger charge is 2.62. The van der Waals surface area contributed by atoms with Crippen LogP contribution in [0.15, 0.2) is 42.6 Å². The quantitative estimate of drug-likeness (QED) is 0.355. The maximum absolute atomic E-state index is 14.3. The minimum atomic E-state index is -3.90. The van der Waals surface area contributed by atoms with E-state index in [4.69, 9.17) is 18.9 Å². The molecule has 51 heavy (non-hydrogen) atoms. The summed E-state index contributed by atoms with van der Waals surface area (Å²) in [7, 11) is -2.33. The third kappa shape index (κ3) is 8.38. The van der Waals surface area contributed by atoms with Gasteiger partial charge in [0.05, 0.1) is 25.5 Å². The Morgan fingerprint density at radius 2 is 1.90 bits per heavy atom. The number of nitrogens with zero attached hydrogens (tertiary/aromatic N) is 2. The van der Waals surface area contributed by atoms with Gasteiger partial charge in [0.15, 0.2) is 0 Å². The predicted octanol–water partition coefficient (Wildman–Crippen LogP) is 2.33. The molecule has 3 heterocycles. The summed E-state index contributed by atoms with van der Waals surface area (Å²) in [6, 6.07) is 4.97. The molecule has 4 aliphatic rings. The number of pyridine rings is 1. The number of ether oxygens (including phenoxy) is 4. The lowest BCUT2D eigenvalue weighted by atomic mass is 10.1. The highest BCUT2D eigenvalue weighted by molar-refractivity contribution is 7.91. The Hall–Kier alpha value is -4.44. The Labute approximate surface area is 296 Å². The van der Waals surface area contributed by atoms with Crippen molar-refractivity contribution in [1.82, 2.24) is 25.2 Å². The van der Waals surface area contributed by atoms with Crippen molar-refractivity contribution in [1.29, 1.82) is 0 Å². The number of amides is 4. The van der Waals surface area contributed by atoms with Crippen LogP contribution in [0.5, 0.6) is 11.6 Å². The molecule has 0 spiro atoms. The Morgan fingerprint density at radius 1 is 1.12 bits per heavy atom. The summed E-state index contributed by atoms with van der Waals surface area (Å²) in [6.45, 7) is 5.49. The summed E-state index contributed by atoms with van der Waals surface area (Å²) in [5.41, 5.74) is -2.36. The van der Waals surface area contributed by atoms with E-state index in [2.05, 4.69) is 20.3 Å². The number of carbonyl (C=O) groups is 4. The molecule has 0 bridgehead atoms. The Kier molecular flexibility index (Phi) is 10.2. The SMILES string of the molecule is COc1ccc2c(OC3C[C@H]4C(=O)N[C@]5(C(=O)NS(=O)(=O)C6CC6)CC5/C=C\CCOCC[C@H](NC(=O)OC(C)(C)C)C(=O)N4C3)nccc2c1. The molecule has 1 aromatic heterocycles. The van der Waals surface area contributed by atoms with Gasteiger partial charge in [-0.3, -0.25) is 19.1 Å². The zero-order chi connectivity index (χ0) is 36.6. The number of carbonyl (C=O) groups excluding carboxylic acids is 4. The molecule has 4 amide bonds. The van der Waals surface area contributed by atoms with Crippen LogP contribution in [0, 0.1) is 5.92 Å². The first-order chi connectivity index (χ1) is 24.2. The van der Waals surface area contributed by atoms with Crippen LogP contribution >= 0.6 is 0 Å². The second-order valence-corrected chi connectivity index (χ2v) is 16.4. The molecule has 3 fully saturated rings. The second kappa shape index (κ2) is 14.3. The van der Waals surface area contributed by atoms with Gasteiger partial charge in [-0.1, -0.05) is 12.2 Å². The molecule has 2 aliphatic carbocycles. The number of fused-ring (bicyclic) bond motifs is 3. The lowest BCUT2D eigenvalue weighted by Crippen LogP contribution is -2.58. The number of rotatable bonds is 7. The Bertz CT molecular complexity index is 1820. The fraction of sp³-hybridized carbons (Fsp3) is 0.571.